The van der Waals surface area contributed by atoms with Crippen molar-refractivity contribution in [2.75, 3.05) is 0 Å². The Morgan fingerprint density at radius 1 is 1.17 bits per heavy atom. The van der Waals surface area contributed by atoms with Gasteiger partial charge in [0.15, 0.2) is 0 Å². The Bertz CT molecular complexity index is 100. The van der Waals surface area contributed by atoms with Crippen LogP contribution in [0.4, 0.5) is 0 Å². The molecule has 0 aliphatic rings. The molecule has 1 atom stereocenters. The van der Waals surface area contributed by atoms with Gasteiger partial charge in [0.05, 0.1) is 6.10 Å². The van der Waals surface area contributed by atoms with Gasteiger partial charge in [-0.15, -0.1) is 0 Å². The van der Waals surface area contributed by atoms with Crippen LogP contribution in [0, 0.1) is 0 Å². The summed E-state index contributed by atoms with van der Waals surface area (Å²) in [6.45, 7) is 1.83. The summed E-state index contributed by atoms with van der Waals surface area (Å²) in [5.74, 6) is 0. The average Bonchev–Trinajstić information content (AvgIpc) is 2.02. The van der Waals surface area contributed by atoms with E-state index in [2.05, 4.69) is 0 Å². The van der Waals surface area contributed by atoms with E-state index in [-0.39, 0.29) is 6.10 Å². The number of carbonyl (C=O) groups excluding carboxylic acids is 1. The maximum Gasteiger partial charge on any atom is 0.119 e. The lowest BCUT2D eigenvalue weighted by atomic mass is 10.1. The highest BCUT2D eigenvalue weighted by Crippen LogP contribution is 2.07. The minimum Gasteiger partial charge on any atom is -0.393 e. The summed E-state index contributed by atoms with van der Waals surface area (Å²) >= 11 is 0. The largest absolute Gasteiger partial charge is 0.393 e. The lowest BCUT2D eigenvalue weighted by Crippen LogP contribution is -1.98. The Kier molecular flexibility index (Phi) is 8.46. The maximum atomic E-state index is 9.95. The Hall–Kier alpha value is -0.370. The Morgan fingerprint density at radius 2 is 1.75 bits per heavy atom. The second-order valence-electron chi connectivity index (χ2n) is 3.36. The molecule has 0 aliphatic carbocycles. The molecule has 0 radical (unpaired) electrons. The second-order valence-corrected chi connectivity index (χ2v) is 3.36. The maximum absolute atomic E-state index is 9.95. The van der Waals surface area contributed by atoms with Crippen LogP contribution in [0.1, 0.15) is 51.9 Å². The second kappa shape index (κ2) is 8.72. The predicted octanol–water partition coefficient (Wildman–Crippen LogP) is 2.30. The summed E-state index contributed by atoms with van der Waals surface area (Å²) in [5, 5.41) is 8.95. The average molecular weight is 172 g/mol. The molecule has 0 aromatic rings. The molecular formula is C10H20O2. The zero-order valence-corrected chi connectivity index (χ0v) is 7.96. The fraction of sp³-hybridized carbons (Fsp3) is 0.900. The quantitative estimate of drug-likeness (QED) is 0.450. The highest BCUT2D eigenvalue weighted by Gasteiger charge is 1.95. The molecule has 0 heterocycles. The molecule has 0 bridgehead atoms. The summed E-state index contributed by atoms with van der Waals surface area (Å²) in [5.41, 5.74) is 0. The number of aldehydes is 1. The molecule has 1 N–H and O–H groups in total. The van der Waals surface area contributed by atoms with E-state index in [4.69, 9.17) is 5.11 Å². The molecule has 0 amide bonds. The van der Waals surface area contributed by atoms with Gasteiger partial charge in [-0.25, -0.2) is 0 Å². The van der Waals surface area contributed by atoms with E-state index in [9.17, 15) is 4.79 Å². The molecule has 0 aliphatic heterocycles. The first-order valence-electron chi connectivity index (χ1n) is 4.89. The van der Waals surface area contributed by atoms with Crippen molar-refractivity contribution in [2.45, 2.75) is 58.0 Å². The molecule has 0 spiro atoms. The SMILES string of the molecule is CC(O)CCCCCCCC=O. The number of hydrogen-bond acceptors (Lipinski definition) is 2. The summed E-state index contributed by atoms with van der Waals surface area (Å²) in [6.07, 6.45) is 8.11. The van der Waals surface area contributed by atoms with Gasteiger partial charge in [0.1, 0.15) is 6.29 Å². The number of aliphatic hydroxyl groups is 1. The summed E-state index contributed by atoms with van der Waals surface area (Å²) in [4.78, 5) is 9.95. The third-order valence-corrected chi connectivity index (χ3v) is 1.94. The molecule has 0 saturated carbocycles. The van der Waals surface area contributed by atoms with Gasteiger partial charge < -0.3 is 9.90 Å². The van der Waals surface area contributed by atoms with Gasteiger partial charge in [0, 0.05) is 6.42 Å². The standard InChI is InChI=1S/C10H20O2/c1-10(12)8-6-4-2-3-5-7-9-11/h9-10,12H,2-8H2,1H3. The van der Waals surface area contributed by atoms with Crippen molar-refractivity contribution in [3.63, 3.8) is 0 Å². The molecule has 12 heavy (non-hydrogen) atoms. The molecule has 1 unspecified atom stereocenters. The fourth-order valence-electron chi connectivity index (χ4n) is 1.20. The van der Waals surface area contributed by atoms with Crippen molar-refractivity contribution in [3.8, 4) is 0 Å². The molecule has 0 rings (SSSR count). The van der Waals surface area contributed by atoms with Gasteiger partial charge in [0.2, 0.25) is 0 Å². The third kappa shape index (κ3) is 9.63. The number of carbonyl (C=O) groups is 1. The van der Waals surface area contributed by atoms with E-state index < -0.39 is 0 Å². The van der Waals surface area contributed by atoms with Crippen molar-refractivity contribution in [1.29, 1.82) is 0 Å². The van der Waals surface area contributed by atoms with Gasteiger partial charge in [0.25, 0.3) is 0 Å². The molecule has 0 fully saturated rings. The minimum absolute atomic E-state index is 0.153. The van der Waals surface area contributed by atoms with Crippen molar-refractivity contribution in [2.24, 2.45) is 0 Å². The number of rotatable bonds is 8. The predicted molar refractivity (Wildman–Crippen MR) is 50.1 cm³/mol. The smallest absolute Gasteiger partial charge is 0.119 e. The first-order chi connectivity index (χ1) is 5.77. The van der Waals surface area contributed by atoms with Crippen LogP contribution in [-0.4, -0.2) is 17.5 Å². The zero-order valence-electron chi connectivity index (χ0n) is 7.96. The van der Waals surface area contributed by atoms with Crippen molar-refractivity contribution >= 4 is 6.29 Å². The van der Waals surface area contributed by atoms with Crippen molar-refractivity contribution < 1.29 is 9.90 Å². The Labute approximate surface area is 75.0 Å². The van der Waals surface area contributed by atoms with E-state index in [1.165, 1.54) is 12.8 Å². The monoisotopic (exact) mass is 172 g/mol. The van der Waals surface area contributed by atoms with Gasteiger partial charge in [-0.3, -0.25) is 0 Å². The number of aliphatic hydroxyl groups excluding tert-OH is 1. The minimum atomic E-state index is -0.153. The fourth-order valence-corrected chi connectivity index (χ4v) is 1.20. The first-order valence-corrected chi connectivity index (χ1v) is 4.89. The highest BCUT2D eigenvalue weighted by atomic mass is 16.3. The molecular weight excluding hydrogens is 152 g/mol. The summed E-state index contributed by atoms with van der Waals surface area (Å²) in [7, 11) is 0. The normalized spacial score (nSPS) is 12.8. The Balaban J connectivity index is 2.86. The van der Waals surface area contributed by atoms with E-state index in [1.54, 1.807) is 0 Å². The topological polar surface area (TPSA) is 37.3 Å². The molecule has 0 saturated heterocycles. The number of unbranched alkanes of at least 4 members (excludes halogenated alkanes) is 5. The molecule has 2 heteroatoms. The van der Waals surface area contributed by atoms with E-state index in [1.807, 2.05) is 6.92 Å². The van der Waals surface area contributed by atoms with E-state index >= 15 is 0 Å². The van der Waals surface area contributed by atoms with Gasteiger partial charge in [-0.2, -0.15) is 0 Å². The van der Waals surface area contributed by atoms with E-state index in [0.717, 1.165) is 32.0 Å². The highest BCUT2D eigenvalue weighted by molar-refractivity contribution is 5.48. The molecule has 0 aromatic carbocycles. The molecule has 0 aromatic heterocycles. The van der Waals surface area contributed by atoms with Crippen LogP contribution in [0.15, 0.2) is 0 Å². The Morgan fingerprint density at radius 3 is 2.33 bits per heavy atom. The summed E-state index contributed by atoms with van der Waals surface area (Å²) in [6, 6.07) is 0. The van der Waals surface area contributed by atoms with Gasteiger partial charge >= 0.3 is 0 Å². The summed E-state index contributed by atoms with van der Waals surface area (Å²) < 4.78 is 0. The van der Waals surface area contributed by atoms with Crippen LogP contribution in [0.5, 0.6) is 0 Å². The van der Waals surface area contributed by atoms with Crippen LogP contribution in [0.25, 0.3) is 0 Å². The molecule has 72 valence electrons. The van der Waals surface area contributed by atoms with Gasteiger partial charge in [-0.1, -0.05) is 25.7 Å². The van der Waals surface area contributed by atoms with Crippen LogP contribution in [0.3, 0.4) is 0 Å². The first kappa shape index (κ1) is 11.6. The van der Waals surface area contributed by atoms with Crippen LogP contribution in [-0.2, 0) is 4.79 Å². The zero-order chi connectivity index (χ0) is 9.23. The van der Waals surface area contributed by atoms with Crippen LogP contribution in [0.2, 0.25) is 0 Å². The molecule has 2 nitrogen and oxygen atoms in total. The van der Waals surface area contributed by atoms with Gasteiger partial charge in [-0.05, 0) is 19.8 Å². The van der Waals surface area contributed by atoms with Crippen LogP contribution >= 0.6 is 0 Å². The third-order valence-electron chi connectivity index (χ3n) is 1.94. The van der Waals surface area contributed by atoms with Crippen molar-refractivity contribution in [1.82, 2.24) is 0 Å². The lowest BCUT2D eigenvalue weighted by molar-refractivity contribution is -0.107. The lowest BCUT2D eigenvalue weighted by Gasteiger charge is -2.02. The van der Waals surface area contributed by atoms with Crippen LogP contribution < -0.4 is 0 Å². The van der Waals surface area contributed by atoms with Crippen molar-refractivity contribution in [3.05, 3.63) is 0 Å². The number of hydrogen-bond donors (Lipinski definition) is 1. The van der Waals surface area contributed by atoms with E-state index in [0.29, 0.717) is 6.42 Å².